The van der Waals surface area contributed by atoms with Crippen molar-refractivity contribution < 1.29 is 4.43 Å². The lowest BCUT2D eigenvalue weighted by Crippen LogP contribution is -2.69. The van der Waals surface area contributed by atoms with Crippen LogP contribution in [0.3, 0.4) is 0 Å². The highest BCUT2D eigenvalue weighted by Crippen LogP contribution is 2.23. The third-order valence-corrected chi connectivity index (χ3v) is 10.2. The van der Waals surface area contributed by atoms with Crippen molar-refractivity contribution in [3.05, 3.63) is 169 Å². The Hall–Kier alpha value is -4.14. The van der Waals surface area contributed by atoms with Gasteiger partial charge in [-0.05, 0) is 33.6 Å². The van der Waals surface area contributed by atoms with Crippen molar-refractivity contribution in [3.63, 3.8) is 0 Å². The van der Waals surface area contributed by atoms with E-state index in [1.807, 2.05) is 0 Å². The normalized spacial score (nSPS) is 11.7. The Morgan fingerprint density at radius 1 is 0.486 bits per heavy atom. The fraction of sp³-hybridized carbons (Fsp3) is 0.0303. The largest absolute Gasteiger partial charge is 0.530 e. The molecule has 0 radical (unpaired) electrons. The molecule has 170 valence electrons. The van der Waals surface area contributed by atoms with Crippen LogP contribution < -0.4 is 15.6 Å². The van der Waals surface area contributed by atoms with Gasteiger partial charge in [-0.25, -0.2) is 0 Å². The van der Waals surface area contributed by atoms with Gasteiger partial charge in [0.1, 0.15) is 5.76 Å². The van der Waals surface area contributed by atoms with Gasteiger partial charge in [-0.2, -0.15) is 0 Å². The van der Waals surface area contributed by atoms with Gasteiger partial charge in [0.2, 0.25) is 0 Å². The lowest BCUT2D eigenvalue weighted by molar-refractivity contribution is 0.531. The van der Waals surface area contributed by atoms with Gasteiger partial charge in [0.15, 0.2) is 0 Å². The van der Waals surface area contributed by atoms with Crippen molar-refractivity contribution in [2.45, 2.75) is 6.42 Å². The predicted octanol–water partition coefficient (Wildman–Crippen LogP) is 5.95. The van der Waals surface area contributed by atoms with Crippen LogP contribution in [0.1, 0.15) is 11.1 Å². The van der Waals surface area contributed by atoms with E-state index < -0.39 is 8.32 Å². The van der Waals surface area contributed by atoms with E-state index in [9.17, 15) is 0 Å². The second-order valence-electron chi connectivity index (χ2n) is 8.51. The van der Waals surface area contributed by atoms with Gasteiger partial charge in [-0.1, -0.05) is 152 Å². The average molecular weight is 469 g/mol. The third kappa shape index (κ3) is 5.03. The lowest BCUT2D eigenvalue weighted by Gasteiger charge is -2.34. The average Bonchev–Trinajstić information content (AvgIpc) is 2.96. The Morgan fingerprint density at radius 3 is 1.29 bits per heavy atom. The number of hydrogen-bond acceptors (Lipinski definition) is 1. The predicted molar refractivity (Wildman–Crippen MR) is 150 cm³/mol. The molecule has 2 heteroatoms. The first-order valence-corrected chi connectivity index (χ1v) is 13.9. The number of rotatable bonds is 8. The smallest absolute Gasteiger partial charge is 0.346 e. The monoisotopic (exact) mass is 468 g/mol. The maximum atomic E-state index is 7.40. The summed E-state index contributed by atoms with van der Waals surface area (Å²) in [6, 6.07) is 53.2. The third-order valence-electron chi connectivity index (χ3n) is 6.23. The van der Waals surface area contributed by atoms with Gasteiger partial charge in [0.05, 0.1) is 0 Å². The molecule has 0 bridgehead atoms. The zero-order valence-corrected chi connectivity index (χ0v) is 20.6. The standard InChI is InChI=1S/C33H28OSi/c1-6-16-28(17-7-1)26-27-33(29-18-8-2-9-19-29)34-35(30-20-10-3-11-21-30,31-22-12-4-13-23-31)32-24-14-5-15-25-32/h1-25,27H,26H2. The molecule has 0 N–H and O–H groups in total. The summed E-state index contributed by atoms with van der Waals surface area (Å²) < 4.78 is 7.40. The summed E-state index contributed by atoms with van der Waals surface area (Å²) in [6.07, 6.45) is 3.04. The van der Waals surface area contributed by atoms with Gasteiger partial charge in [-0.15, -0.1) is 0 Å². The molecule has 0 aliphatic rings. The van der Waals surface area contributed by atoms with Crippen molar-refractivity contribution in [2.75, 3.05) is 0 Å². The van der Waals surface area contributed by atoms with E-state index in [0.717, 1.165) is 17.7 Å². The molecule has 0 aliphatic heterocycles. The van der Waals surface area contributed by atoms with Crippen molar-refractivity contribution in [1.82, 2.24) is 0 Å². The SMILES string of the molecule is C(Cc1ccccc1)=C(O[Si](c1ccccc1)(c1ccccc1)c1ccccc1)c1ccccc1. The van der Waals surface area contributed by atoms with Crippen molar-refractivity contribution >= 4 is 29.6 Å². The Morgan fingerprint density at radius 2 is 0.857 bits per heavy atom. The molecule has 0 saturated heterocycles. The Balaban J connectivity index is 1.72. The summed E-state index contributed by atoms with van der Waals surface area (Å²) in [5, 5.41) is 3.66. The van der Waals surface area contributed by atoms with Gasteiger partial charge >= 0.3 is 8.32 Å². The molecule has 0 atom stereocenters. The van der Waals surface area contributed by atoms with Crippen LogP contribution >= 0.6 is 0 Å². The molecule has 0 aliphatic carbocycles. The minimum absolute atomic E-state index is 0.800. The van der Waals surface area contributed by atoms with Gasteiger partial charge in [0, 0.05) is 5.56 Å². The second kappa shape index (κ2) is 10.9. The van der Waals surface area contributed by atoms with E-state index in [1.165, 1.54) is 21.1 Å². The van der Waals surface area contributed by atoms with Crippen LogP contribution in [0.5, 0.6) is 0 Å². The summed E-state index contributed by atoms with van der Waals surface area (Å²) in [5.74, 6) is 0.915. The van der Waals surface area contributed by atoms with Crippen LogP contribution in [-0.2, 0) is 10.8 Å². The van der Waals surface area contributed by atoms with Crippen molar-refractivity contribution in [3.8, 4) is 0 Å². The van der Waals surface area contributed by atoms with E-state index in [0.29, 0.717) is 0 Å². The van der Waals surface area contributed by atoms with Crippen LogP contribution in [0.15, 0.2) is 158 Å². The molecule has 0 unspecified atom stereocenters. The molecule has 35 heavy (non-hydrogen) atoms. The highest BCUT2D eigenvalue weighted by Gasteiger charge is 2.44. The fourth-order valence-electron chi connectivity index (χ4n) is 4.51. The fourth-order valence-corrected chi connectivity index (χ4v) is 8.38. The maximum Gasteiger partial charge on any atom is 0.346 e. The van der Waals surface area contributed by atoms with Gasteiger partial charge in [0.25, 0.3) is 0 Å². The Kier molecular flexibility index (Phi) is 7.02. The second-order valence-corrected chi connectivity index (χ2v) is 11.8. The molecule has 0 saturated carbocycles. The lowest BCUT2D eigenvalue weighted by atomic mass is 10.1. The van der Waals surface area contributed by atoms with Crippen molar-refractivity contribution in [2.24, 2.45) is 0 Å². The van der Waals surface area contributed by atoms with Gasteiger partial charge in [-0.3, -0.25) is 0 Å². The molecule has 5 aromatic rings. The minimum atomic E-state index is -2.88. The molecule has 0 heterocycles. The zero-order valence-electron chi connectivity index (χ0n) is 19.6. The first-order valence-electron chi connectivity index (χ1n) is 12.0. The summed E-state index contributed by atoms with van der Waals surface area (Å²) >= 11 is 0. The number of hydrogen-bond donors (Lipinski definition) is 0. The molecule has 0 aromatic heterocycles. The number of allylic oxidation sites excluding steroid dienone is 1. The van der Waals surface area contributed by atoms with Crippen molar-refractivity contribution in [1.29, 1.82) is 0 Å². The highest BCUT2D eigenvalue weighted by atomic mass is 28.4. The van der Waals surface area contributed by atoms with E-state index in [-0.39, 0.29) is 0 Å². The zero-order chi connectivity index (χ0) is 23.8. The van der Waals surface area contributed by atoms with Gasteiger partial charge < -0.3 is 4.43 Å². The molecule has 5 rings (SSSR count). The highest BCUT2D eigenvalue weighted by molar-refractivity contribution is 7.07. The molecule has 0 spiro atoms. The topological polar surface area (TPSA) is 9.23 Å². The number of benzene rings is 5. The van der Waals surface area contributed by atoms with Crippen LogP contribution in [0, 0.1) is 0 Å². The molecular formula is C33H28OSi. The van der Waals surface area contributed by atoms with Crippen LogP contribution in [0.4, 0.5) is 0 Å². The summed E-state index contributed by atoms with van der Waals surface area (Å²) in [4.78, 5) is 0. The summed E-state index contributed by atoms with van der Waals surface area (Å²) in [5.41, 5.74) is 2.35. The summed E-state index contributed by atoms with van der Waals surface area (Å²) in [7, 11) is -2.88. The van der Waals surface area contributed by atoms with E-state index in [4.69, 9.17) is 4.43 Å². The van der Waals surface area contributed by atoms with E-state index in [2.05, 4.69) is 158 Å². The summed E-state index contributed by atoms with van der Waals surface area (Å²) in [6.45, 7) is 0. The molecule has 0 amide bonds. The van der Waals surface area contributed by atoms with Crippen LogP contribution in [0.25, 0.3) is 5.76 Å². The van der Waals surface area contributed by atoms with Crippen LogP contribution in [0.2, 0.25) is 0 Å². The minimum Gasteiger partial charge on any atom is -0.530 e. The molecule has 1 nitrogen and oxygen atoms in total. The Labute approximate surface area is 209 Å². The molecule has 5 aromatic carbocycles. The van der Waals surface area contributed by atoms with Crippen LogP contribution in [-0.4, -0.2) is 8.32 Å². The van der Waals surface area contributed by atoms with E-state index in [1.54, 1.807) is 0 Å². The quantitative estimate of drug-likeness (QED) is 0.155. The first kappa shape index (κ1) is 22.6. The Bertz CT molecular complexity index is 1250. The maximum absolute atomic E-state index is 7.40. The molecule has 0 fully saturated rings. The molecular weight excluding hydrogens is 440 g/mol. The van der Waals surface area contributed by atoms with E-state index >= 15 is 0 Å². The first-order chi connectivity index (χ1) is 17.4.